The van der Waals surface area contributed by atoms with Crippen LogP contribution in [0.25, 0.3) is 21.9 Å². The number of nitrogens with one attached hydrogen (secondary N) is 1. The second-order valence-corrected chi connectivity index (χ2v) is 5.30. The second kappa shape index (κ2) is 4.77. The Labute approximate surface area is 126 Å². The molecule has 0 saturated carbocycles. The molecule has 0 saturated heterocycles. The fourth-order valence-corrected chi connectivity index (χ4v) is 2.73. The molecule has 0 aliphatic heterocycles. The van der Waals surface area contributed by atoms with Gasteiger partial charge < -0.3 is 14.3 Å². The van der Waals surface area contributed by atoms with Crippen LogP contribution in [-0.4, -0.2) is 4.57 Å². The molecule has 1 N–H and O–H groups in total. The van der Waals surface area contributed by atoms with Crippen LogP contribution in [0, 0.1) is 0 Å². The summed E-state index contributed by atoms with van der Waals surface area (Å²) in [6, 6.07) is 17.2. The third-order valence-corrected chi connectivity index (χ3v) is 3.81. The number of fused-ring (bicyclic) bond motifs is 2. The van der Waals surface area contributed by atoms with Gasteiger partial charge in [-0.25, -0.2) is 4.79 Å². The molecular weight excluding hydrogens is 276 g/mol. The number of nitrogens with zero attached hydrogens (tertiary/aromatic N) is 1. The van der Waals surface area contributed by atoms with Gasteiger partial charge >= 0.3 is 5.63 Å². The van der Waals surface area contributed by atoms with Crippen LogP contribution in [-0.2, 0) is 7.05 Å². The van der Waals surface area contributed by atoms with Crippen molar-refractivity contribution in [3.8, 4) is 0 Å². The lowest BCUT2D eigenvalue weighted by atomic mass is 10.2. The van der Waals surface area contributed by atoms with Crippen molar-refractivity contribution < 1.29 is 4.42 Å². The van der Waals surface area contributed by atoms with Crippen molar-refractivity contribution in [2.24, 2.45) is 7.05 Å². The van der Waals surface area contributed by atoms with E-state index in [0.29, 0.717) is 5.58 Å². The topological polar surface area (TPSA) is 47.2 Å². The summed E-state index contributed by atoms with van der Waals surface area (Å²) in [5, 5.41) is 5.36. The Morgan fingerprint density at radius 3 is 2.82 bits per heavy atom. The highest BCUT2D eigenvalue weighted by Gasteiger charge is 2.06. The average molecular weight is 290 g/mol. The van der Waals surface area contributed by atoms with Crippen LogP contribution < -0.4 is 10.9 Å². The van der Waals surface area contributed by atoms with E-state index < -0.39 is 0 Å². The maximum Gasteiger partial charge on any atom is 0.338 e. The summed E-state index contributed by atoms with van der Waals surface area (Å²) >= 11 is 0. The SMILES string of the molecule is Cn1ccc2cc(Nc3cc(=O)oc4ccccc34)ccc21. The number of aryl methyl sites for hydroxylation is 1. The summed E-state index contributed by atoms with van der Waals surface area (Å²) < 4.78 is 7.29. The molecule has 0 radical (unpaired) electrons. The predicted octanol–water partition coefficient (Wildman–Crippen LogP) is 4.03. The summed E-state index contributed by atoms with van der Waals surface area (Å²) in [6.07, 6.45) is 2.03. The normalized spacial score (nSPS) is 11.1. The van der Waals surface area contributed by atoms with E-state index in [2.05, 4.69) is 28.1 Å². The number of hydrogen-bond acceptors (Lipinski definition) is 3. The molecule has 0 fully saturated rings. The van der Waals surface area contributed by atoms with Crippen molar-refractivity contribution in [3.63, 3.8) is 0 Å². The summed E-state index contributed by atoms with van der Waals surface area (Å²) in [6.45, 7) is 0. The minimum absolute atomic E-state index is 0.359. The van der Waals surface area contributed by atoms with Gasteiger partial charge in [-0.05, 0) is 36.4 Å². The zero-order valence-electron chi connectivity index (χ0n) is 12.0. The van der Waals surface area contributed by atoms with Gasteiger partial charge in [0.15, 0.2) is 0 Å². The van der Waals surface area contributed by atoms with Crippen LogP contribution in [0.5, 0.6) is 0 Å². The van der Waals surface area contributed by atoms with Crippen molar-refractivity contribution in [1.29, 1.82) is 0 Å². The molecule has 4 aromatic rings. The third kappa shape index (κ3) is 2.05. The van der Waals surface area contributed by atoms with E-state index in [1.807, 2.05) is 37.5 Å². The second-order valence-electron chi connectivity index (χ2n) is 5.30. The summed E-state index contributed by atoms with van der Waals surface area (Å²) in [5.41, 5.74) is 3.08. The van der Waals surface area contributed by atoms with Crippen molar-refractivity contribution in [3.05, 3.63) is 71.2 Å². The Morgan fingerprint density at radius 1 is 1.05 bits per heavy atom. The van der Waals surface area contributed by atoms with Crippen LogP contribution in [0.1, 0.15) is 0 Å². The Balaban J connectivity index is 1.83. The highest BCUT2D eigenvalue weighted by atomic mass is 16.4. The van der Waals surface area contributed by atoms with E-state index in [0.717, 1.165) is 22.1 Å². The molecule has 0 unspecified atom stereocenters. The number of hydrogen-bond donors (Lipinski definition) is 1. The first-order valence-electron chi connectivity index (χ1n) is 7.06. The summed E-state index contributed by atoms with van der Waals surface area (Å²) in [7, 11) is 2.02. The van der Waals surface area contributed by atoms with Crippen LogP contribution in [0.2, 0.25) is 0 Å². The average Bonchev–Trinajstić information content (AvgIpc) is 2.88. The predicted molar refractivity (Wildman–Crippen MR) is 88.7 cm³/mol. The van der Waals surface area contributed by atoms with Gasteiger partial charge in [-0.1, -0.05) is 12.1 Å². The molecule has 108 valence electrons. The lowest BCUT2D eigenvalue weighted by Gasteiger charge is -2.09. The Morgan fingerprint density at radius 2 is 1.91 bits per heavy atom. The fraction of sp³-hybridized carbons (Fsp3) is 0.0556. The maximum absolute atomic E-state index is 11.7. The molecule has 0 aliphatic carbocycles. The van der Waals surface area contributed by atoms with Gasteiger partial charge in [0.25, 0.3) is 0 Å². The first-order valence-corrected chi connectivity index (χ1v) is 7.06. The maximum atomic E-state index is 11.7. The molecule has 0 spiro atoms. The van der Waals surface area contributed by atoms with E-state index >= 15 is 0 Å². The van der Waals surface area contributed by atoms with Crippen LogP contribution in [0.4, 0.5) is 11.4 Å². The minimum Gasteiger partial charge on any atom is -0.423 e. The molecule has 0 amide bonds. The molecule has 2 heterocycles. The molecule has 0 atom stereocenters. The lowest BCUT2D eigenvalue weighted by Crippen LogP contribution is -2.01. The van der Waals surface area contributed by atoms with Crippen molar-refractivity contribution in [2.75, 3.05) is 5.32 Å². The zero-order chi connectivity index (χ0) is 15.1. The number of anilines is 2. The molecular formula is C18H14N2O2. The van der Waals surface area contributed by atoms with Crippen LogP contribution in [0.3, 0.4) is 0 Å². The van der Waals surface area contributed by atoms with E-state index in [1.165, 1.54) is 11.6 Å². The monoisotopic (exact) mass is 290 g/mol. The smallest absolute Gasteiger partial charge is 0.338 e. The molecule has 4 heteroatoms. The number of aromatic nitrogens is 1. The Hall–Kier alpha value is -3.01. The lowest BCUT2D eigenvalue weighted by molar-refractivity contribution is 0.561. The van der Waals surface area contributed by atoms with E-state index in [1.54, 1.807) is 6.07 Å². The molecule has 22 heavy (non-hydrogen) atoms. The van der Waals surface area contributed by atoms with Gasteiger partial charge in [-0.15, -0.1) is 0 Å². The first-order chi connectivity index (χ1) is 10.7. The standard InChI is InChI=1S/C18H14N2O2/c1-20-9-8-12-10-13(6-7-16(12)20)19-15-11-18(21)22-17-5-3-2-4-14(15)17/h2-11,19H,1H3. The molecule has 2 aromatic heterocycles. The molecule has 0 aliphatic rings. The number of rotatable bonds is 2. The van der Waals surface area contributed by atoms with Crippen molar-refractivity contribution in [2.45, 2.75) is 0 Å². The highest BCUT2D eigenvalue weighted by molar-refractivity contribution is 5.92. The van der Waals surface area contributed by atoms with Gasteiger partial charge in [0.2, 0.25) is 0 Å². The van der Waals surface area contributed by atoms with Crippen molar-refractivity contribution >= 4 is 33.2 Å². The highest BCUT2D eigenvalue weighted by Crippen LogP contribution is 2.27. The van der Waals surface area contributed by atoms with Crippen molar-refractivity contribution in [1.82, 2.24) is 4.57 Å². The Bertz CT molecular complexity index is 1040. The minimum atomic E-state index is -0.359. The Kier molecular flexibility index (Phi) is 2.76. The molecule has 4 nitrogen and oxygen atoms in total. The quantitative estimate of drug-likeness (QED) is 0.567. The summed E-state index contributed by atoms with van der Waals surface area (Å²) in [5.74, 6) is 0. The van der Waals surface area contributed by atoms with E-state index in [9.17, 15) is 4.79 Å². The van der Waals surface area contributed by atoms with E-state index in [4.69, 9.17) is 4.42 Å². The molecule has 4 rings (SSSR count). The van der Waals surface area contributed by atoms with Gasteiger partial charge in [0.05, 0.1) is 5.69 Å². The van der Waals surface area contributed by atoms with Gasteiger partial charge in [-0.3, -0.25) is 0 Å². The summed E-state index contributed by atoms with van der Waals surface area (Å²) in [4.78, 5) is 11.7. The third-order valence-electron chi connectivity index (χ3n) is 3.81. The fourth-order valence-electron chi connectivity index (χ4n) is 2.73. The molecule has 2 aromatic carbocycles. The van der Waals surface area contributed by atoms with E-state index in [-0.39, 0.29) is 5.63 Å². The van der Waals surface area contributed by atoms with Gasteiger partial charge in [0.1, 0.15) is 5.58 Å². The van der Waals surface area contributed by atoms with Crippen LogP contribution >= 0.6 is 0 Å². The largest absolute Gasteiger partial charge is 0.423 e. The number of para-hydroxylation sites is 1. The van der Waals surface area contributed by atoms with Crippen LogP contribution in [0.15, 0.2) is 70.0 Å². The first kappa shape index (κ1) is 12.7. The van der Waals surface area contributed by atoms with Gasteiger partial charge in [0, 0.05) is 41.3 Å². The number of benzene rings is 2. The zero-order valence-corrected chi connectivity index (χ0v) is 12.0. The molecule has 0 bridgehead atoms. The van der Waals surface area contributed by atoms with Gasteiger partial charge in [-0.2, -0.15) is 0 Å².